The van der Waals surface area contributed by atoms with E-state index < -0.39 is 16.0 Å². The molecule has 0 aliphatic carbocycles. The Morgan fingerprint density at radius 2 is 1.84 bits per heavy atom. The van der Waals surface area contributed by atoms with Gasteiger partial charge in [-0.2, -0.15) is 0 Å². The van der Waals surface area contributed by atoms with Crippen LogP contribution in [-0.2, 0) is 14.8 Å². The minimum atomic E-state index is -3.48. The van der Waals surface area contributed by atoms with Crippen molar-refractivity contribution >= 4 is 16.0 Å². The van der Waals surface area contributed by atoms with Crippen molar-refractivity contribution in [3.05, 3.63) is 0 Å². The van der Waals surface area contributed by atoms with Crippen molar-refractivity contribution in [3.8, 4) is 0 Å². The van der Waals surface area contributed by atoms with E-state index in [1.807, 2.05) is 0 Å². The van der Waals surface area contributed by atoms with Crippen molar-refractivity contribution in [2.45, 2.75) is 51.6 Å². The maximum atomic E-state index is 11.7. The third-order valence-corrected chi connectivity index (χ3v) is 4.81. The molecule has 0 aromatic heterocycles. The molecule has 1 saturated heterocycles. The van der Waals surface area contributed by atoms with Crippen LogP contribution in [0, 0.1) is 0 Å². The molecular formula is C12H24N2O4S. The van der Waals surface area contributed by atoms with E-state index in [-0.39, 0.29) is 23.8 Å². The van der Waals surface area contributed by atoms with Crippen LogP contribution in [0.5, 0.6) is 0 Å². The summed E-state index contributed by atoms with van der Waals surface area (Å²) in [6.45, 7) is 8.14. The number of likely N-dealkylation sites (tertiary alicyclic amines) is 1. The third kappa shape index (κ3) is 5.88. The number of nitrogens with one attached hydrogen (secondary N) is 1. The highest BCUT2D eigenvalue weighted by atomic mass is 32.2. The van der Waals surface area contributed by atoms with Gasteiger partial charge in [-0.3, -0.25) is 9.69 Å². The summed E-state index contributed by atoms with van der Waals surface area (Å²) in [5.74, 6) is -1.44. The van der Waals surface area contributed by atoms with E-state index in [0.29, 0.717) is 0 Å². The van der Waals surface area contributed by atoms with Crippen LogP contribution in [0.4, 0.5) is 0 Å². The fourth-order valence-electron chi connectivity index (χ4n) is 2.20. The second-order valence-corrected chi connectivity index (χ2v) is 7.89. The number of piperidine rings is 1. The lowest BCUT2D eigenvalue weighted by molar-refractivity contribution is -0.136. The molecule has 0 amide bonds. The molecule has 1 heterocycles. The SMILES string of the molecule is CC(C)(C)N1CCC(NS(=O)(=O)CCC(=O)O)CC1. The highest BCUT2D eigenvalue weighted by Gasteiger charge is 2.28. The molecule has 0 radical (unpaired) electrons. The Morgan fingerprint density at radius 3 is 2.26 bits per heavy atom. The molecule has 1 fully saturated rings. The van der Waals surface area contributed by atoms with E-state index >= 15 is 0 Å². The average Bonchev–Trinajstić information content (AvgIpc) is 2.25. The third-order valence-electron chi connectivity index (χ3n) is 3.37. The van der Waals surface area contributed by atoms with Gasteiger partial charge in [0.1, 0.15) is 0 Å². The Balaban J connectivity index is 2.42. The molecule has 1 aliphatic heterocycles. The van der Waals surface area contributed by atoms with Gasteiger partial charge in [0.2, 0.25) is 10.0 Å². The summed E-state index contributed by atoms with van der Waals surface area (Å²) in [5.41, 5.74) is 0.104. The molecule has 7 heteroatoms. The molecule has 1 rings (SSSR count). The molecule has 0 aromatic rings. The van der Waals surface area contributed by atoms with Crippen LogP contribution in [-0.4, -0.2) is 54.8 Å². The Hall–Kier alpha value is -0.660. The highest BCUT2D eigenvalue weighted by Crippen LogP contribution is 2.20. The van der Waals surface area contributed by atoms with E-state index in [2.05, 4.69) is 30.4 Å². The summed E-state index contributed by atoms with van der Waals surface area (Å²) in [6.07, 6.45) is 1.18. The summed E-state index contributed by atoms with van der Waals surface area (Å²) < 4.78 is 26.0. The second-order valence-electron chi connectivity index (χ2n) is 6.01. The average molecular weight is 292 g/mol. The standard InChI is InChI=1S/C12H24N2O4S/c1-12(2,3)14-7-4-10(5-8-14)13-19(17,18)9-6-11(15)16/h10,13H,4-9H2,1-3H3,(H,15,16). The zero-order valence-electron chi connectivity index (χ0n) is 11.8. The molecule has 1 aliphatic rings. The predicted molar refractivity (Wildman–Crippen MR) is 73.5 cm³/mol. The van der Waals surface area contributed by atoms with E-state index in [9.17, 15) is 13.2 Å². The minimum Gasteiger partial charge on any atom is -0.481 e. The van der Waals surface area contributed by atoms with Crippen molar-refractivity contribution in [2.75, 3.05) is 18.8 Å². The molecule has 0 atom stereocenters. The van der Waals surface area contributed by atoms with Gasteiger partial charge in [0.15, 0.2) is 0 Å². The Labute approximate surface area is 115 Å². The number of sulfonamides is 1. The van der Waals surface area contributed by atoms with Crippen LogP contribution in [0.3, 0.4) is 0 Å². The number of carboxylic acid groups (broad SMARTS) is 1. The van der Waals surface area contributed by atoms with E-state index in [1.165, 1.54) is 0 Å². The zero-order chi connectivity index (χ0) is 14.7. The van der Waals surface area contributed by atoms with E-state index in [1.54, 1.807) is 0 Å². The lowest BCUT2D eigenvalue weighted by Crippen LogP contribution is -2.51. The van der Waals surface area contributed by atoms with Crippen LogP contribution in [0.25, 0.3) is 0 Å². The summed E-state index contributed by atoms with van der Waals surface area (Å²) in [4.78, 5) is 12.7. The first-order chi connectivity index (χ1) is 8.60. The quantitative estimate of drug-likeness (QED) is 0.776. The second kappa shape index (κ2) is 6.19. The molecule has 0 unspecified atom stereocenters. The van der Waals surface area contributed by atoms with Crippen LogP contribution in [0.2, 0.25) is 0 Å². The molecule has 0 saturated carbocycles. The molecule has 19 heavy (non-hydrogen) atoms. The zero-order valence-corrected chi connectivity index (χ0v) is 12.7. The number of aliphatic carboxylic acids is 1. The number of nitrogens with zero attached hydrogens (tertiary/aromatic N) is 1. The number of hydrogen-bond donors (Lipinski definition) is 2. The van der Waals surface area contributed by atoms with Gasteiger partial charge >= 0.3 is 5.97 Å². The number of carbonyl (C=O) groups is 1. The first-order valence-electron chi connectivity index (χ1n) is 6.57. The van der Waals surface area contributed by atoms with Crippen LogP contribution in [0.15, 0.2) is 0 Å². The highest BCUT2D eigenvalue weighted by molar-refractivity contribution is 7.89. The Morgan fingerprint density at radius 1 is 1.32 bits per heavy atom. The van der Waals surface area contributed by atoms with Crippen molar-refractivity contribution in [3.63, 3.8) is 0 Å². The molecule has 0 bridgehead atoms. The normalized spacial score (nSPS) is 19.5. The molecule has 2 N–H and O–H groups in total. The molecule has 112 valence electrons. The van der Waals surface area contributed by atoms with Crippen molar-refractivity contribution < 1.29 is 18.3 Å². The van der Waals surface area contributed by atoms with E-state index in [0.717, 1.165) is 25.9 Å². The maximum Gasteiger partial charge on any atom is 0.304 e. The Bertz CT molecular complexity index is 406. The maximum absolute atomic E-state index is 11.7. The fourth-order valence-corrected chi connectivity index (χ4v) is 3.51. The van der Waals surface area contributed by atoms with Crippen molar-refractivity contribution in [1.29, 1.82) is 0 Å². The smallest absolute Gasteiger partial charge is 0.304 e. The number of carboxylic acids is 1. The molecule has 6 nitrogen and oxygen atoms in total. The topological polar surface area (TPSA) is 86.7 Å². The first-order valence-corrected chi connectivity index (χ1v) is 8.22. The van der Waals surface area contributed by atoms with Crippen molar-refractivity contribution in [1.82, 2.24) is 9.62 Å². The van der Waals surface area contributed by atoms with Gasteiger partial charge < -0.3 is 5.11 Å². The minimum absolute atomic E-state index is 0.0719. The summed E-state index contributed by atoms with van der Waals surface area (Å²) >= 11 is 0. The van der Waals surface area contributed by atoms with Gasteiger partial charge in [0.05, 0.1) is 12.2 Å². The van der Waals surface area contributed by atoms with Gasteiger partial charge in [0.25, 0.3) is 0 Å². The largest absolute Gasteiger partial charge is 0.481 e. The van der Waals surface area contributed by atoms with Gasteiger partial charge in [-0.25, -0.2) is 13.1 Å². The first kappa shape index (κ1) is 16.4. The van der Waals surface area contributed by atoms with Crippen LogP contribution in [0.1, 0.15) is 40.0 Å². The summed E-state index contributed by atoms with van der Waals surface area (Å²) in [7, 11) is -3.48. The van der Waals surface area contributed by atoms with Crippen molar-refractivity contribution in [2.24, 2.45) is 0 Å². The predicted octanol–water partition coefficient (Wildman–Crippen LogP) is 0.643. The Kier molecular flexibility index (Phi) is 5.34. The molecule has 0 spiro atoms. The fraction of sp³-hybridized carbons (Fsp3) is 0.917. The van der Waals surface area contributed by atoms with E-state index in [4.69, 9.17) is 5.11 Å². The van der Waals surface area contributed by atoms with Crippen LogP contribution >= 0.6 is 0 Å². The summed E-state index contributed by atoms with van der Waals surface area (Å²) in [5, 5.41) is 8.51. The number of hydrogen-bond acceptors (Lipinski definition) is 4. The van der Waals surface area contributed by atoms with Gasteiger partial charge in [-0.15, -0.1) is 0 Å². The van der Waals surface area contributed by atoms with Gasteiger partial charge in [-0.05, 0) is 33.6 Å². The molecular weight excluding hydrogens is 268 g/mol. The molecule has 0 aromatic carbocycles. The van der Waals surface area contributed by atoms with Crippen LogP contribution < -0.4 is 4.72 Å². The monoisotopic (exact) mass is 292 g/mol. The lowest BCUT2D eigenvalue weighted by atomic mass is 9.99. The summed E-state index contributed by atoms with van der Waals surface area (Å²) in [6, 6.07) is -0.0719. The number of rotatable bonds is 5. The van der Waals surface area contributed by atoms with Gasteiger partial charge in [-0.1, -0.05) is 0 Å². The lowest BCUT2D eigenvalue weighted by Gasteiger charge is -2.40. The van der Waals surface area contributed by atoms with Gasteiger partial charge in [0, 0.05) is 24.7 Å².